The van der Waals surface area contributed by atoms with Crippen LogP contribution in [0.25, 0.3) is 0 Å². The fourth-order valence-electron chi connectivity index (χ4n) is 3.07. The van der Waals surface area contributed by atoms with E-state index in [4.69, 9.17) is 4.18 Å². The standard InChI is InChI=1S/C23H31NO4S/c1-5-6-7-8-19-9-13-21(14-10-19)23(25)24(18(2)3)17-20-11-15-22(16-12-20)28-29(4,26)27/h9-16,18H,5-8,17H2,1-4H3. The van der Waals surface area contributed by atoms with Crippen LogP contribution in [0.15, 0.2) is 48.5 Å². The van der Waals surface area contributed by atoms with Crippen LogP contribution in [-0.2, 0) is 23.1 Å². The number of amides is 1. The summed E-state index contributed by atoms with van der Waals surface area (Å²) in [5.74, 6) is 0.244. The minimum atomic E-state index is -3.55. The number of benzene rings is 2. The molecule has 29 heavy (non-hydrogen) atoms. The van der Waals surface area contributed by atoms with Gasteiger partial charge in [0.05, 0.1) is 6.26 Å². The highest BCUT2D eigenvalue weighted by Gasteiger charge is 2.19. The lowest BCUT2D eigenvalue weighted by molar-refractivity contribution is 0.0690. The molecule has 0 heterocycles. The first-order chi connectivity index (χ1) is 13.7. The second-order valence-electron chi connectivity index (χ2n) is 7.61. The minimum Gasteiger partial charge on any atom is -0.383 e. The molecule has 2 aromatic rings. The van der Waals surface area contributed by atoms with E-state index in [2.05, 4.69) is 6.92 Å². The Labute approximate surface area is 174 Å². The number of carbonyl (C=O) groups excluding carboxylic acids is 1. The van der Waals surface area contributed by atoms with Crippen LogP contribution in [0.3, 0.4) is 0 Å². The molecular formula is C23H31NO4S. The van der Waals surface area contributed by atoms with E-state index in [1.807, 2.05) is 38.1 Å². The van der Waals surface area contributed by atoms with Crippen molar-refractivity contribution >= 4 is 16.0 Å². The first-order valence-corrected chi connectivity index (χ1v) is 11.9. The zero-order valence-electron chi connectivity index (χ0n) is 17.7. The molecule has 0 aliphatic carbocycles. The molecule has 158 valence electrons. The number of nitrogens with zero attached hydrogens (tertiary/aromatic N) is 1. The molecule has 0 radical (unpaired) electrons. The maximum absolute atomic E-state index is 13.0. The summed E-state index contributed by atoms with van der Waals surface area (Å²) in [6.45, 7) is 6.60. The Kier molecular flexibility index (Phi) is 8.26. The number of carbonyl (C=O) groups is 1. The van der Waals surface area contributed by atoms with Gasteiger partial charge in [-0.25, -0.2) is 0 Å². The summed E-state index contributed by atoms with van der Waals surface area (Å²) in [6.07, 6.45) is 5.63. The van der Waals surface area contributed by atoms with E-state index in [1.165, 1.54) is 24.8 Å². The third-order valence-electron chi connectivity index (χ3n) is 4.68. The van der Waals surface area contributed by atoms with Gasteiger partial charge >= 0.3 is 10.1 Å². The van der Waals surface area contributed by atoms with Crippen molar-refractivity contribution in [2.45, 2.75) is 59.0 Å². The molecule has 5 nitrogen and oxygen atoms in total. The fourth-order valence-corrected chi connectivity index (χ4v) is 3.53. The van der Waals surface area contributed by atoms with Crippen molar-refractivity contribution in [3.8, 4) is 5.75 Å². The third-order valence-corrected chi connectivity index (χ3v) is 5.17. The number of hydrogen-bond donors (Lipinski definition) is 0. The second kappa shape index (κ2) is 10.4. The van der Waals surface area contributed by atoms with Gasteiger partial charge in [0.15, 0.2) is 0 Å². The summed E-state index contributed by atoms with van der Waals surface area (Å²) >= 11 is 0. The average Bonchev–Trinajstić information content (AvgIpc) is 2.66. The highest BCUT2D eigenvalue weighted by atomic mass is 32.2. The number of unbranched alkanes of at least 4 members (excludes halogenated alkanes) is 2. The van der Waals surface area contributed by atoms with E-state index in [9.17, 15) is 13.2 Å². The van der Waals surface area contributed by atoms with Gasteiger partial charge in [-0.05, 0) is 62.1 Å². The molecule has 0 aromatic heterocycles. The minimum absolute atomic E-state index is 0.0171. The van der Waals surface area contributed by atoms with Crippen LogP contribution in [0, 0.1) is 0 Å². The Balaban J connectivity index is 2.07. The van der Waals surface area contributed by atoms with E-state index < -0.39 is 10.1 Å². The van der Waals surface area contributed by atoms with Crippen LogP contribution >= 0.6 is 0 Å². The fraction of sp³-hybridized carbons (Fsp3) is 0.435. The Morgan fingerprint density at radius 1 is 0.966 bits per heavy atom. The first-order valence-electron chi connectivity index (χ1n) is 10.1. The number of hydrogen-bond acceptors (Lipinski definition) is 4. The van der Waals surface area contributed by atoms with Crippen molar-refractivity contribution < 1.29 is 17.4 Å². The lowest BCUT2D eigenvalue weighted by atomic mass is 10.0. The largest absolute Gasteiger partial charge is 0.383 e. The van der Waals surface area contributed by atoms with Gasteiger partial charge in [-0.1, -0.05) is 44.0 Å². The topological polar surface area (TPSA) is 63.7 Å². The summed E-state index contributed by atoms with van der Waals surface area (Å²) in [5.41, 5.74) is 2.84. The van der Waals surface area contributed by atoms with E-state index >= 15 is 0 Å². The molecule has 0 saturated carbocycles. The van der Waals surface area contributed by atoms with E-state index in [-0.39, 0.29) is 17.7 Å². The van der Waals surface area contributed by atoms with Crippen molar-refractivity contribution in [1.29, 1.82) is 0 Å². The maximum Gasteiger partial charge on any atom is 0.306 e. The third kappa shape index (κ3) is 7.54. The van der Waals surface area contributed by atoms with Crippen LogP contribution in [-0.4, -0.2) is 31.5 Å². The summed E-state index contributed by atoms with van der Waals surface area (Å²) in [5, 5.41) is 0. The summed E-state index contributed by atoms with van der Waals surface area (Å²) in [4.78, 5) is 14.8. The molecule has 0 N–H and O–H groups in total. The summed E-state index contributed by atoms with van der Waals surface area (Å²) in [6, 6.07) is 14.7. The van der Waals surface area contributed by atoms with Crippen LogP contribution < -0.4 is 4.18 Å². The summed E-state index contributed by atoms with van der Waals surface area (Å²) in [7, 11) is -3.55. The maximum atomic E-state index is 13.0. The van der Waals surface area contributed by atoms with Gasteiger partial charge < -0.3 is 9.08 Å². The monoisotopic (exact) mass is 417 g/mol. The molecular weight excluding hydrogens is 386 g/mol. The molecule has 0 aliphatic rings. The smallest absolute Gasteiger partial charge is 0.306 e. The highest BCUT2D eigenvalue weighted by Crippen LogP contribution is 2.18. The second-order valence-corrected chi connectivity index (χ2v) is 9.19. The SMILES string of the molecule is CCCCCc1ccc(C(=O)N(Cc2ccc(OS(C)(=O)=O)cc2)C(C)C)cc1. The number of aryl methyl sites for hydroxylation is 1. The van der Waals surface area contributed by atoms with Gasteiger partial charge in [0, 0.05) is 18.2 Å². The van der Waals surface area contributed by atoms with Crippen LogP contribution in [0.1, 0.15) is 61.5 Å². The molecule has 0 bridgehead atoms. The van der Waals surface area contributed by atoms with Crippen molar-refractivity contribution in [2.24, 2.45) is 0 Å². The molecule has 0 aliphatic heterocycles. The van der Waals surface area contributed by atoms with Gasteiger partial charge in [-0.15, -0.1) is 0 Å². The quantitative estimate of drug-likeness (QED) is 0.411. The van der Waals surface area contributed by atoms with E-state index in [1.54, 1.807) is 29.2 Å². The predicted molar refractivity (Wildman–Crippen MR) is 117 cm³/mol. The molecule has 6 heteroatoms. The van der Waals surface area contributed by atoms with Crippen molar-refractivity contribution in [3.63, 3.8) is 0 Å². The van der Waals surface area contributed by atoms with Gasteiger partial charge in [0.2, 0.25) is 0 Å². The lowest BCUT2D eigenvalue weighted by Gasteiger charge is -2.27. The van der Waals surface area contributed by atoms with Crippen LogP contribution in [0.4, 0.5) is 0 Å². The van der Waals surface area contributed by atoms with Crippen molar-refractivity contribution in [2.75, 3.05) is 6.26 Å². The molecule has 2 rings (SSSR count). The Morgan fingerprint density at radius 2 is 1.55 bits per heavy atom. The van der Waals surface area contributed by atoms with E-state index in [0.29, 0.717) is 12.1 Å². The zero-order chi connectivity index (χ0) is 21.4. The van der Waals surface area contributed by atoms with Crippen LogP contribution in [0.2, 0.25) is 0 Å². The Bertz CT molecular complexity index is 887. The van der Waals surface area contributed by atoms with Crippen LogP contribution in [0.5, 0.6) is 5.75 Å². The number of rotatable bonds is 10. The van der Waals surface area contributed by atoms with Gasteiger partial charge in [-0.3, -0.25) is 4.79 Å². The molecule has 0 spiro atoms. The Hall–Kier alpha value is -2.34. The molecule has 0 atom stereocenters. The molecule has 0 fully saturated rings. The van der Waals surface area contributed by atoms with Crippen molar-refractivity contribution in [1.82, 2.24) is 4.90 Å². The van der Waals surface area contributed by atoms with E-state index in [0.717, 1.165) is 18.2 Å². The van der Waals surface area contributed by atoms with Gasteiger partial charge in [0.1, 0.15) is 5.75 Å². The molecule has 0 unspecified atom stereocenters. The lowest BCUT2D eigenvalue weighted by Crippen LogP contribution is -2.36. The Morgan fingerprint density at radius 3 is 2.07 bits per heavy atom. The summed E-state index contributed by atoms with van der Waals surface area (Å²) < 4.78 is 27.3. The van der Waals surface area contributed by atoms with Gasteiger partial charge in [0.25, 0.3) is 5.91 Å². The zero-order valence-corrected chi connectivity index (χ0v) is 18.5. The average molecular weight is 418 g/mol. The highest BCUT2D eigenvalue weighted by molar-refractivity contribution is 7.86. The predicted octanol–water partition coefficient (Wildman–Crippen LogP) is 4.81. The van der Waals surface area contributed by atoms with Crippen molar-refractivity contribution in [3.05, 3.63) is 65.2 Å². The molecule has 1 amide bonds. The first kappa shape index (κ1) is 22.9. The normalized spacial score (nSPS) is 11.5. The molecule has 2 aromatic carbocycles. The van der Waals surface area contributed by atoms with Gasteiger partial charge in [-0.2, -0.15) is 8.42 Å². The molecule has 0 saturated heterocycles.